The predicted molar refractivity (Wildman–Crippen MR) is 88.4 cm³/mol. The van der Waals surface area contributed by atoms with Gasteiger partial charge in [-0.2, -0.15) is 0 Å². The van der Waals surface area contributed by atoms with Crippen LogP contribution in [0.1, 0.15) is 28.8 Å². The highest BCUT2D eigenvalue weighted by atomic mass is 79.9. The molecule has 18 heavy (non-hydrogen) atoms. The maximum atomic E-state index is 3.82. The van der Waals surface area contributed by atoms with E-state index in [0.717, 1.165) is 8.95 Å². The zero-order valence-electron chi connectivity index (χ0n) is 9.91. The van der Waals surface area contributed by atoms with E-state index in [1.807, 2.05) is 6.07 Å². The SMILES string of the molecule is CC(c1ccccc1)C(Br)c1cc(Br)ccc1Br. The Hall–Kier alpha value is -0.120. The van der Waals surface area contributed by atoms with E-state index in [4.69, 9.17) is 0 Å². The van der Waals surface area contributed by atoms with Gasteiger partial charge in [0.15, 0.2) is 0 Å². The number of hydrogen-bond donors (Lipinski definition) is 0. The van der Waals surface area contributed by atoms with Gasteiger partial charge in [-0.15, -0.1) is 0 Å². The highest BCUT2D eigenvalue weighted by molar-refractivity contribution is 9.11. The fourth-order valence-electron chi connectivity index (χ4n) is 1.92. The molecule has 0 N–H and O–H groups in total. The number of benzene rings is 2. The Labute approximate surface area is 133 Å². The maximum absolute atomic E-state index is 3.82. The van der Waals surface area contributed by atoms with Gasteiger partial charge in [-0.25, -0.2) is 0 Å². The van der Waals surface area contributed by atoms with Crippen molar-refractivity contribution in [2.75, 3.05) is 0 Å². The second kappa shape index (κ2) is 6.36. The van der Waals surface area contributed by atoms with Crippen LogP contribution in [0.2, 0.25) is 0 Å². The first kappa shape index (κ1) is 14.3. The van der Waals surface area contributed by atoms with Crippen molar-refractivity contribution in [3.8, 4) is 0 Å². The largest absolute Gasteiger partial charge is 0.0832 e. The second-order valence-electron chi connectivity index (χ2n) is 4.27. The number of hydrogen-bond acceptors (Lipinski definition) is 0. The molecule has 3 heteroatoms. The monoisotopic (exact) mass is 430 g/mol. The van der Waals surface area contributed by atoms with Gasteiger partial charge in [0.1, 0.15) is 0 Å². The molecule has 2 rings (SSSR count). The van der Waals surface area contributed by atoms with Gasteiger partial charge in [0.05, 0.1) is 0 Å². The summed E-state index contributed by atoms with van der Waals surface area (Å²) in [5.41, 5.74) is 2.60. The topological polar surface area (TPSA) is 0 Å². The van der Waals surface area contributed by atoms with Gasteiger partial charge in [-0.3, -0.25) is 0 Å². The average molecular weight is 433 g/mol. The molecule has 0 saturated carbocycles. The summed E-state index contributed by atoms with van der Waals surface area (Å²) in [5, 5.41) is 0. The van der Waals surface area contributed by atoms with Crippen LogP contribution in [0.3, 0.4) is 0 Å². The summed E-state index contributed by atoms with van der Waals surface area (Å²) in [4.78, 5) is 0.284. The zero-order chi connectivity index (χ0) is 13.1. The van der Waals surface area contributed by atoms with Crippen LogP contribution in [-0.2, 0) is 0 Å². The van der Waals surface area contributed by atoms with E-state index in [2.05, 4.69) is 97.2 Å². The highest BCUT2D eigenvalue weighted by Crippen LogP contribution is 2.41. The van der Waals surface area contributed by atoms with E-state index in [0.29, 0.717) is 5.92 Å². The Morgan fingerprint density at radius 1 is 0.944 bits per heavy atom. The maximum Gasteiger partial charge on any atom is 0.0472 e. The second-order valence-corrected chi connectivity index (χ2v) is 7.02. The van der Waals surface area contributed by atoms with E-state index < -0.39 is 0 Å². The van der Waals surface area contributed by atoms with Gasteiger partial charge in [0.2, 0.25) is 0 Å². The van der Waals surface area contributed by atoms with Gasteiger partial charge >= 0.3 is 0 Å². The van der Waals surface area contributed by atoms with E-state index in [1.54, 1.807) is 0 Å². The highest BCUT2D eigenvalue weighted by Gasteiger charge is 2.20. The molecule has 0 heterocycles. The Kier molecular flexibility index (Phi) is 5.05. The molecule has 0 aliphatic rings. The minimum absolute atomic E-state index is 0.284. The molecule has 94 valence electrons. The normalized spacial score (nSPS) is 14.2. The first-order valence-corrected chi connectivity index (χ1v) is 8.23. The van der Waals surface area contributed by atoms with Crippen LogP contribution in [0.25, 0.3) is 0 Å². The van der Waals surface area contributed by atoms with Crippen LogP contribution in [0, 0.1) is 0 Å². The van der Waals surface area contributed by atoms with Gasteiger partial charge in [-0.1, -0.05) is 85.0 Å². The third-order valence-electron chi connectivity index (χ3n) is 3.02. The van der Waals surface area contributed by atoms with Crippen LogP contribution in [0.4, 0.5) is 0 Å². The summed E-state index contributed by atoms with van der Waals surface area (Å²) in [6.07, 6.45) is 0. The zero-order valence-corrected chi connectivity index (χ0v) is 14.7. The molecule has 2 aromatic carbocycles. The quantitative estimate of drug-likeness (QED) is 0.489. The molecule has 0 saturated heterocycles. The lowest BCUT2D eigenvalue weighted by atomic mass is 9.94. The van der Waals surface area contributed by atoms with Gasteiger partial charge in [0.25, 0.3) is 0 Å². The molecular weight excluding hydrogens is 420 g/mol. The number of rotatable bonds is 3. The van der Waals surface area contributed by atoms with Crippen molar-refractivity contribution in [1.82, 2.24) is 0 Å². The lowest BCUT2D eigenvalue weighted by molar-refractivity contribution is 0.749. The molecule has 0 aliphatic heterocycles. The molecule has 2 atom stereocenters. The third-order valence-corrected chi connectivity index (χ3v) is 5.52. The molecule has 0 fully saturated rings. The Morgan fingerprint density at radius 3 is 2.28 bits per heavy atom. The number of alkyl halides is 1. The Morgan fingerprint density at radius 2 is 1.61 bits per heavy atom. The minimum Gasteiger partial charge on any atom is -0.0832 e. The first-order valence-electron chi connectivity index (χ1n) is 5.73. The average Bonchev–Trinajstić information content (AvgIpc) is 2.41. The summed E-state index contributed by atoms with van der Waals surface area (Å²) in [6.45, 7) is 2.24. The fraction of sp³-hybridized carbons (Fsp3) is 0.200. The van der Waals surface area contributed by atoms with Crippen molar-refractivity contribution >= 4 is 47.8 Å². The summed E-state index contributed by atoms with van der Waals surface area (Å²) in [5.74, 6) is 0.414. The van der Waals surface area contributed by atoms with Crippen LogP contribution in [0.15, 0.2) is 57.5 Å². The van der Waals surface area contributed by atoms with Crippen molar-refractivity contribution < 1.29 is 0 Å². The smallest absolute Gasteiger partial charge is 0.0472 e. The van der Waals surface area contributed by atoms with Crippen molar-refractivity contribution in [2.45, 2.75) is 17.7 Å². The van der Waals surface area contributed by atoms with Crippen LogP contribution in [-0.4, -0.2) is 0 Å². The van der Waals surface area contributed by atoms with Crippen LogP contribution in [0.5, 0.6) is 0 Å². The Balaban J connectivity index is 2.31. The summed E-state index contributed by atoms with van der Waals surface area (Å²) < 4.78 is 2.24. The molecule has 0 aromatic heterocycles. The van der Waals surface area contributed by atoms with E-state index in [-0.39, 0.29) is 4.83 Å². The standard InChI is InChI=1S/C15H13Br3/c1-10(11-5-3-2-4-6-11)15(18)13-9-12(16)7-8-14(13)17/h2-10,15H,1H3. The van der Waals surface area contributed by atoms with Crippen molar-refractivity contribution in [3.05, 3.63) is 68.6 Å². The molecule has 0 radical (unpaired) electrons. The van der Waals surface area contributed by atoms with E-state index in [1.165, 1.54) is 11.1 Å². The third kappa shape index (κ3) is 3.25. The predicted octanol–water partition coefficient (Wildman–Crippen LogP) is 6.45. The lowest BCUT2D eigenvalue weighted by Gasteiger charge is -2.20. The molecule has 0 bridgehead atoms. The molecule has 2 unspecified atom stereocenters. The summed E-state index contributed by atoms with van der Waals surface area (Å²) >= 11 is 11.0. The number of halogens is 3. The Bertz CT molecular complexity index is 523. The van der Waals surface area contributed by atoms with E-state index >= 15 is 0 Å². The van der Waals surface area contributed by atoms with Crippen LogP contribution >= 0.6 is 47.8 Å². The lowest BCUT2D eigenvalue weighted by Crippen LogP contribution is -2.02. The van der Waals surface area contributed by atoms with E-state index in [9.17, 15) is 0 Å². The van der Waals surface area contributed by atoms with Gasteiger partial charge in [-0.05, 0) is 35.2 Å². The molecule has 0 nitrogen and oxygen atoms in total. The molecular formula is C15H13Br3. The first-order chi connectivity index (χ1) is 8.59. The van der Waals surface area contributed by atoms with Gasteiger partial charge < -0.3 is 0 Å². The molecule has 2 aromatic rings. The van der Waals surface area contributed by atoms with Crippen molar-refractivity contribution in [2.24, 2.45) is 0 Å². The molecule has 0 amide bonds. The fourth-order valence-corrected chi connectivity index (χ4v) is 3.78. The molecule has 0 spiro atoms. The van der Waals surface area contributed by atoms with Crippen molar-refractivity contribution in [3.63, 3.8) is 0 Å². The van der Waals surface area contributed by atoms with Crippen LogP contribution < -0.4 is 0 Å². The summed E-state index contributed by atoms with van der Waals surface area (Å²) in [6, 6.07) is 16.8. The minimum atomic E-state index is 0.284. The van der Waals surface area contributed by atoms with Gasteiger partial charge in [0, 0.05) is 13.8 Å². The molecule has 0 aliphatic carbocycles. The summed E-state index contributed by atoms with van der Waals surface area (Å²) in [7, 11) is 0. The van der Waals surface area contributed by atoms with Crippen molar-refractivity contribution in [1.29, 1.82) is 0 Å².